The van der Waals surface area contributed by atoms with E-state index in [1.807, 2.05) is 28.8 Å². The summed E-state index contributed by atoms with van der Waals surface area (Å²) in [6.45, 7) is -0.190. The molecule has 182 valence electrons. The predicted octanol–water partition coefficient (Wildman–Crippen LogP) is 4.44. The zero-order valence-electron chi connectivity index (χ0n) is 19.8. The third-order valence-electron chi connectivity index (χ3n) is 7.24. The van der Waals surface area contributed by atoms with Gasteiger partial charge in [0.15, 0.2) is 0 Å². The van der Waals surface area contributed by atoms with Crippen molar-refractivity contribution in [2.45, 2.75) is 44.3 Å². The molecule has 2 aliphatic rings. The number of hydrogen-bond donors (Lipinski definition) is 1. The molecule has 3 aromatic rings. The summed E-state index contributed by atoms with van der Waals surface area (Å²) in [7, 11) is 3.28. The minimum absolute atomic E-state index is 0.0754. The average Bonchev–Trinajstić information content (AvgIpc) is 3.09. The minimum Gasteiger partial charge on any atom is -0.478 e. The van der Waals surface area contributed by atoms with Crippen LogP contribution in [0.1, 0.15) is 47.5 Å². The van der Waals surface area contributed by atoms with Crippen LogP contribution in [-0.2, 0) is 16.1 Å². The molecule has 35 heavy (non-hydrogen) atoms. The highest BCUT2D eigenvalue weighted by Crippen LogP contribution is 2.48. The summed E-state index contributed by atoms with van der Waals surface area (Å²) < 4.78 is 17.2. The Balaban J connectivity index is 1.80. The van der Waals surface area contributed by atoms with Gasteiger partial charge in [-0.1, -0.05) is 37.1 Å². The summed E-state index contributed by atoms with van der Waals surface area (Å²) in [6, 6.07) is 12.2. The first kappa shape index (κ1) is 23.1. The van der Waals surface area contributed by atoms with E-state index in [-0.39, 0.29) is 36.4 Å². The lowest BCUT2D eigenvalue weighted by molar-refractivity contribution is -0.129. The molecule has 1 aliphatic carbocycles. The Kier molecular flexibility index (Phi) is 5.83. The fourth-order valence-corrected chi connectivity index (χ4v) is 5.46. The van der Waals surface area contributed by atoms with Crippen LogP contribution in [0.3, 0.4) is 0 Å². The van der Waals surface area contributed by atoms with Crippen LogP contribution in [0.5, 0.6) is 0 Å². The van der Waals surface area contributed by atoms with Crippen LogP contribution in [0.4, 0.5) is 10.1 Å². The summed E-state index contributed by atoms with van der Waals surface area (Å²) in [6.07, 6.45) is 1.90. The van der Waals surface area contributed by atoms with E-state index in [2.05, 4.69) is 0 Å². The Morgan fingerprint density at radius 3 is 2.57 bits per heavy atom. The van der Waals surface area contributed by atoms with Crippen molar-refractivity contribution in [3.05, 3.63) is 53.6 Å². The third-order valence-corrected chi connectivity index (χ3v) is 7.24. The molecule has 2 heterocycles. The molecule has 2 amide bonds. The predicted molar refractivity (Wildman–Crippen MR) is 131 cm³/mol. The van der Waals surface area contributed by atoms with Gasteiger partial charge in [0.1, 0.15) is 19.3 Å². The number of carbonyl (C=O) groups excluding carboxylic acids is 2. The summed E-state index contributed by atoms with van der Waals surface area (Å²) in [5, 5.41) is 10.4. The highest BCUT2D eigenvalue weighted by molar-refractivity contribution is 6.07. The molecule has 5 rings (SSSR count). The number of carboxylic acid groups (broad SMARTS) is 1. The van der Waals surface area contributed by atoms with Crippen molar-refractivity contribution in [2.75, 3.05) is 25.5 Å². The number of aromatic carboxylic acids is 1. The SMILES string of the molecule is CN(C)C(=O)CN1C(=O)Cn2c(c([C@@H]3CCCC[C@H]3F)c3ccc(C(=O)O)cc32)-c2ccccc21. The number of halogens is 1. The Morgan fingerprint density at radius 2 is 1.86 bits per heavy atom. The Hall–Kier alpha value is -3.68. The van der Waals surface area contributed by atoms with Gasteiger partial charge in [0.05, 0.1) is 22.5 Å². The maximum atomic E-state index is 15.4. The Bertz CT molecular complexity index is 1350. The number of hydrogen-bond acceptors (Lipinski definition) is 3. The lowest BCUT2D eigenvalue weighted by Gasteiger charge is -2.28. The molecule has 0 bridgehead atoms. The van der Waals surface area contributed by atoms with Crippen LogP contribution in [0.2, 0.25) is 0 Å². The van der Waals surface area contributed by atoms with E-state index in [0.717, 1.165) is 35.0 Å². The monoisotopic (exact) mass is 477 g/mol. The molecule has 2 aromatic carbocycles. The number of para-hydroxylation sites is 1. The van der Waals surface area contributed by atoms with E-state index in [4.69, 9.17) is 0 Å². The number of aromatic nitrogens is 1. The number of likely N-dealkylation sites (N-methyl/N-ethyl adjacent to an activating group) is 1. The fraction of sp³-hybridized carbons (Fsp3) is 0.370. The standard InChI is InChI=1S/C27H28FN3O4/c1-29(2)23(32)14-30-21-10-6-4-8-19(21)26-25(17-7-3-5-9-20(17)28)18-12-11-16(27(34)35)13-22(18)31(26)15-24(30)33/h4,6,8,10-13,17,20H,3,5,7,9,14-15H2,1-2H3,(H,34,35)/t17-,20-/m1/s1. The minimum atomic E-state index is -1.07. The van der Waals surface area contributed by atoms with Crippen molar-refractivity contribution in [3.8, 4) is 11.3 Å². The van der Waals surface area contributed by atoms with E-state index >= 15 is 4.39 Å². The molecule has 1 saturated carbocycles. The van der Waals surface area contributed by atoms with Crippen molar-refractivity contribution in [1.29, 1.82) is 0 Å². The van der Waals surface area contributed by atoms with Gasteiger partial charge >= 0.3 is 5.97 Å². The third kappa shape index (κ3) is 3.87. The summed E-state index contributed by atoms with van der Waals surface area (Å²) in [4.78, 5) is 40.8. The van der Waals surface area contributed by atoms with Gasteiger partial charge in [-0.3, -0.25) is 9.59 Å². The van der Waals surface area contributed by atoms with Gasteiger partial charge in [-0.2, -0.15) is 0 Å². The van der Waals surface area contributed by atoms with Crippen molar-refractivity contribution in [2.24, 2.45) is 0 Å². The largest absolute Gasteiger partial charge is 0.478 e. The maximum Gasteiger partial charge on any atom is 0.335 e. The quantitative estimate of drug-likeness (QED) is 0.602. The summed E-state index contributed by atoms with van der Waals surface area (Å²) >= 11 is 0. The van der Waals surface area contributed by atoms with Crippen molar-refractivity contribution < 1.29 is 23.9 Å². The number of benzene rings is 2. The van der Waals surface area contributed by atoms with E-state index < -0.39 is 12.1 Å². The average molecular weight is 478 g/mol. The van der Waals surface area contributed by atoms with Crippen molar-refractivity contribution in [3.63, 3.8) is 0 Å². The van der Waals surface area contributed by atoms with Gasteiger partial charge in [-0.05, 0) is 36.6 Å². The van der Waals surface area contributed by atoms with Crippen LogP contribution in [0, 0.1) is 0 Å². The van der Waals surface area contributed by atoms with E-state index in [0.29, 0.717) is 24.0 Å². The first-order chi connectivity index (χ1) is 16.8. The van der Waals surface area contributed by atoms with Gasteiger partial charge in [-0.15, -0.1) is 0 Å². The highest BCUT2D eigenvalue weighted by atomic mass is 19.1. The van der Waals surface area contributed by atoms with E-state index in [1.54, 1.807) is 32.3 Å². The molecular formula is C27H28FN3O4. The number of anilines is 1. The number of carbonyl (C=O) groups is 3. The Morgan fingerprint density at radius 1 is 1.11 bits per heavy atom. The molecule has 0 unspecified atom stereocenters. The molecule has 0 radical (unpaired) electrons. The van der Waals surface area contributed by atoms with Crippen LogP contribution in [0.25, 0.3) is 22.2 Å². The first-order valence-corrected chi connectivity index (χ1v) is 11.9. The second-order valence-electron chi connectivity index (χ2n) is 9.58. The second kappa shape index (κ2) is 8.83. The zero-order valence-corrected chi connectivity index (χ0v) is 19.8. The van der Waals surface area contributed by atoms with Crippen molar-refractivity contribution in [1.82, 2.24) is 9.47 Å². The normalized spacial score (nSPS) is 19.7. The molecule has 1 aromatic heterocycles. The highest BCUT2D eigenvalue weighted by Gasteiger charge is 2.36. The molecular weight excluding hydrogens is 449 g/mol. The Labute approximate surface area is 202 Å². The van der Waals surface area contributed by atoms with E-state index in [1.165, 1.54) is 9.80 Å². The molecule has 0 saturated heterocycles. The summed E-state index contributed by atoms with van der Waals surface area (Å²) in [5.74, 6) is -1.91. The molecule has 1 aliphatic heterocycles. The van der Waals surface area contributed by atoms with Gasteiger partial charge in [-0.25, -0.2) is 9.18 Å². The molecule has 8 heteroatoms. The van der Waals surface area contributed by atoms with Crippen LogP contribution < -0.4 is 4.90 Å². The summed E-state index contributed by atoms with van der Waals surface area (Å²) in [5.41, 5.74) is 3.60. The zero-order chi connectivity index (χ0) is 24.9. The van der Waals surface area contributed by atoms with Crippen LogP contribution in [-0.4, -0.2) is 59.2 Å². The van der Waals surface area contributed by atoms with Gasteiger partial charge < -0.3 is 19.5 Å². The fourth-order valence-electron chi connectivity index (χ4n) is 5.46. The molecule has 1 fully saturated rings. The second-order valence-corrected chi connectivity index (χ2v) is 9.58. The lowest BCUT2D eigenvalue weighted by Crippen LogP contribution is -2.41. The molecule has 0 spiro atoms. The smallest absolute Gasteiger partial charge is 0.335 e. The van der Waals surface area contributed by atoms with Crippen LogP contribution in [0.15, 0.2) is 42.5 Å². The first-order valence-electron chi connectivity index (χ1n) is 11.9. The maximum absolute atomic E-state index is 15.4. The van der Waals surface area contributed by atoms with E-state index in [9.17, 15) is 19.5 Å². The number of carboxylic acids is 1. The van der Waals surface area contributed by atoms with Gasteiger partial charge in [0.2, 0.25) is 11.8 Å². The molecule has 7 nitrogen and oxygen atoms in total. The number of rotatable bonds is 4. The number of fused-ring (bicyclic) bond motifs is 5. The van der Waals surface area contributed by atoms with Crippen molar-refractivity contribution >= 4 is 34.4 Å². The number of alkyl halides is 1. The lowest BCUT2D eigenvalue weighted by atomic mass is 9.80. The molecule has 1 N–H and O–H groups in total. The van der Waals surface area contributed by atoms with Gasteiger partial charge in [0, 0.05) is 31.0 Å². The van der Waals surface area contributed by atoms with Gasteiger partial charge in [0.25, 0.3) is 0 Å². The number of nitrogens with zero attached hydrogens (tertiary/aromatic N) is 3. The number of amides is 2. The van der Waals surface area contributed by atoms with Crippen LogP contribution >= 0.6 is 0 Å². The topological polar surface area (TPSA) is 82.9 Å². The molecule has 2 atom stereocenters.